The van der Waals surface area contributed by atoms with Gasteiger partial charge in [0.15, 0.2) is 12.6 Å². The number of unbranched alkanes of at least 4 members (excludes halogenated alkanes) is 1. The van der Waals surface area contributed by atoms with Crippen LogP contribution in [0.5, 0.6) is 0 Å². The lowest BCUT2D eigenvalue weighted by Crippen LogP contribution is -2.18. The molecule has 0 aliphatic rings. The van der Waals surface area contributed by atoms with E-state index in [2.05, 4.69) is 0 Å². The van der Waals surface area contributed by atoms with Crippen LogP contribution in [-0.4, -0.2) is 37.7 Å². The van der Waals surface area contributed by atoms with E-state index >= 15 is 0 Å². The van der Waals surface area contributed by atoms with Crippen molar-refractivity contribution >= 4 is 11.9 Å². The van der Waals surface area contributed by atoms with E-state index in [9.17, 15) is 9.59 Å². The molecule has 0 amide bonds. The zero-order valence-corrected chi connectivity index (χ0v) is 11.4. The van der Waals surface area contributed by atoms with Gasteiger partial charge in [-0.15, -0.1) is 0 Å². The first-order chi connectivity index (χ1) is 8.41. The van der Waals surface area contributed by atoms with Gasteiger partial charge in [0.05, 0.1) is 13.2 Å². The second-order valence-electron chi connectivity index (χ2n) is 3.80. The summed E-state index contributed by atoms with van der Waals surface area (Å²) in [6.07, 6.45) is 0.503. The van der Waals surface area contributed by atoms with Gasteiger partial charge in [-0.1, -0.05) is 0 Å². The third-order valence-corrected chi connectivity index (χ3v) is 1.91. The fourth-order valence-corrected chi connectivity index (χ4v) is 1.24. The molecule has 0 fully saturated rings. The maximum atomic E-state index is 10.6. The van der Waals surface area contributed by atoms with Crippen molar-refractivity contribution in [1.29, 1.82) is 0 Å². The molecule has 0 spiro atoms. The number of carbonyl (C=O) groups is 2. The molecule has 6 nitrogen and oxygen atoms in total. The minimum atomic E-state index is -0.525. The highest BCUT2D eigenvalue weighted by Gasteiger charge is 2.06. The van der Waals surface area contributed by atoms with Crippen LogP contribution in [0.2, 0.25) is 0 Å². The second-order valence-corrected chi connectivity index (χ2v) is 3.80. The summed E-state index contributed by atoms with van der Waals surface area (Å²) in [6.45, 7) is 6.98. The van der Waals surface area contributed by atoms with Gasteiger partial charge in [0.25, 0.3) is 0 Å². The molecule has 0 aromatic carbocycles. The van der Waals surface area contributed by atoms with E-state index in [0.29, 0.717) is 13.2 Å². The summed E-state index contributed by atoms with van der Waals surface area (Å²) in [5.41, 5.74) is 0. The van der Waals surface area contributed by atoms with E-state index < -0.39 is 12.6 Å². The third-order valence-electron chi connectivity index (χ3n) is 1.91. The molecule has 2 atom stereocenters. The van der Waals surface area contributed by atoms with Crippen molar-refractivity contribution in [2.45, 2.75) is 53.1 Å². The lowest BCUT2D eigenvalue weighted by atomic mass is 10.3. The van der Waals surface area contributed by atoms with Crippen molar-refractivity contribution in [2.75, 3.05) is 13.2 Å². The molecule has 0 bridgehead atoms. The number of carbonyl (C=O) groups excluding carboxylic acids is 2. The molecule has 0 aromatic rings. The van der Waals surface area contributed by atoms with Gasteiger partial charge in [-0.3, -0.25) is 9.59 Å². The molecule has 0 aromatic heterocycles. The minimum absolute atomic E-state index is 0.360. The van der Waals surface area contributed by atoms with Crippen LogP contribution in [0.4, 0.5) is 0 Å². The summed E-state index contributed by atoms with van der Waals surface area (Å²) >= 11 is 0. The average Bonchev–Trinajstić information content (AvgIpc) is 2.20. The van der Waals surface area contributed by atoms with Crippen LogP contribution in [0.15, 0.2) is 0 Å². The van der Waals surface area contributed by atoms with E-state index in [1.54, 1.807) is 13.8 Å². The largest absolute Gasteiger partial charge is 0.436 e. The maximum Gasteiger partial charge on any atom is 0.304 e. The summed E-state index contributed by atoms with van der Waals surface area (Å²) in [5, 5.41) is 0. The van der Waals surface area contributed by atoms with Crippen LogP contribution < -0.4 is 0 Å². The maximum absolute atomic E-state index is 10.6. The molecule has 0 saturated heterocycles. The second kappa shape index (κ2) is 9.85. The Morgan fingerprint density at radius 2 is 1.17 bits per heavy atom. The predicted octanol–water partition coefficient (Wildman–Crippen LogP) is 1.62. The fraction of sp³-hybridized carbons (Fsp3) is 0.833. The van der Waals surface area contributed by atoms with Gasteiger partial charge in [0, 0.05) is 13.8 Å². The Balaban J connectivity index is 3.35. The standard InChI is InChI=1S/C12H22O6/c1-9(13)17-11(3)15-7-5-6-8-16-12(4)18-10(2)14/h11-12H,5-8H2,1-4H3. The van der Waals surface area contributed by atoms with Gasteiger partial charge in [-0.25, -0.2) is 0 Å². The summed E-state index contributed by atoms with van der Waals surface area (Å²) in [5.74, 6) is -0.720. The third kappa shape index (κ3) is 11.3. The number of rotatable bonds is 9. The van der Waals surface area contributed by atoms with Crippen LogP contribution in [0.3, 0.4) is 0 Å². The Morgan fingerprint density at radius 1 is 0.833 bits per heavy atom. The van der Waals surface area contributed by atoms with Crippen LogP contribution in [0.25, 0.3) is 0 Å². The fourth-order valence-electron chi connectivity index (χ4n) is 1.24. The van der Waals surface area contributed by atoms with Gasteiger partial charge in [-0.05, 0) is 26.7 Å². The van der Waals surface area contributed by atoms with E-state index in [0.717, 1.165) is 12.8 Å². The molecule has 106 valence electrons. The molecule has 2 unspecified atom stereocenters. The molecule has 0 aliphatic heterocycles. The first-order valence-electron chi connectivity index (χ1n) is 5.99. The van der Waals surface area contributed by atoms with Gasteiger partial charge in [0.1, 0.15) is 0 Å². The lowest BCUT2D eigenvalue weighted by Gasteiger charge is -2.14. The van der Waals surface area contributed by atoms with Crippen molar-refractivity contribution in [3.8, 4) is 0 Å². The molecular weight excluding hydrogens is 240 g/mol. The molecule has 0 saturated carbocycles. The van der Waals surface area contributed by atoms with Gasteiger partial charge < -0.3 is 18.9 Å². The molecule has 6 heteroatoms. The average molecular weight is 262 g/mol. The summed E-state index contributed by atoms with van der Waals surface area (Å²) in [7, 11) is 0. The zero-order valence-electron chi connectivity index (χ0n) is 11.4. The van der Waals surface area contributed by atoms with Crippen molar-refractivity contribution in [1.82, 2.24) is 0 Å². The van der Waals surface area contributed by atoms with Crippen molar-refractivity contribution in [3.05, 3.63) is 0 Å². The van der Waals surface area contributed by atoms with Gasteiger partial charge >= 0.3 is 11.9 Å². The van der Waals surface area contributed by atoms with Crippen LogP contribution in [0.1, 0.15) is 40.5 Å². The Hall–Kier alpha value is -1.14. The molecule has 0 rings (SSSR count). The van der Waals surface area contributed by atoms with Crippen molar-refractivity contribution in [2.24, 2.45) is 0 Å². The normalized spacial score (nSPS) is 13.8. The molecular formula is C12H22O6. The van der Waals surface area contributed by atoms with Gasteiger partial charge in [0.2, 0.25) is 0 Å². The highest BCUT2D eigenvalue weighted by Crippen LogP contribution is 2.00. The first-order valence-corrected chi connectivity index (χ1v) is 5.99. The topological polar surface area (TPSA) is 71.1 Å². The number of hydrogen-bond donors (Lipinski definition) is 0. The van der Waals surface area contributed by atoms with Crippen LogP contribution >= 0.6 is 0 Å². The quantitative estimate of drug-likeness (QED) is 0.357. The highest BCUT2D eigenvalue weighted by atomic mass is 16.7. The minimum Gasteiger partial charge on any atom is -0.436 e. The number of hydrogen-bond acceptors (Lipinski definition) is 6. The van der Waals surface area contributed by atoms with E-state index in [1.807, 2.05) is 0 Å². The molecule has 0 aliphatic carbocycles. The SMILES string of the molecule is CC(=O)OC(C)OCCCCOC(C)OC(C)=O. The van der Waals surface area contributed by atoms with Crippen molar-refractivity contribution < 1.29 is 28.5 Å². The predicted molar refractivity (Wildman–Crippen MR) is 63.6 cm³/mol. The Kier molecular flexibility index (Phi) is 9.22. The molecule has 0 radical (unpaired) electrons. The molecule has 0 N–H and O–H groups in total. The number of ether oxygens (including phenoxy) is 4. The summed E-state index contributed by atoms with van der Waals surface area (Å²) in [6, 6.07) is 0. The number of esters is 2. The Labute approximate surface area is 108 Å². The van der Waals surface area contributed by atoms with Crippen molar-refractivity contribution in [3.63, 3.8) is 0 Å². The lowest BCUT2D eigenvalue weighted by molar-refractivity contribution is -0.176. The smallest absolute Gasteiger partial charge is 0.304 e. The highest BCUT2D eigenvalue weighted by molar-refractivity contribution is 5.66. The summed E-state index contributed by atoms with van der Waals surface area (Å²) in [4.78, 5) is 21.2. The first kappa shape index (κ1) is 16.9. The van der Waals surface area contributed by atoms with E-state index in [1.165, 1.54) is 13.8 Å². The zero-order chi connectivity index (χ0) is 14.0. The van der Waals surface area contributed by atoms with E-state index in [-0.39, 0.29) is 11.9 Å². The summed E-state index contributed by atoms with van der Waals surface area (Å²) < 4.78 is 20.1. The van der Waals surface area contributed by atoms with Crippen LogP contribution in [0, 0.1) is 0 Å². The monoisotopic (exact) mass is 262 g/mol. The molecule has 0 heterocycles. The Bertz CT molecular complexity index is 227. The Morgan fingerprint density at radius 3 is 1.44 bits per heavy atom. The van der Waals surface area contributed by atoms with Gasteiger partial charge in [-0.2, -0.15) is 0 Å². The van der Waals surface area contributed by atoms with Crippen LogP contribution in [-0.2, 0) is 28.5 Å². The van der Waals surface area contributed by atoms with E-state index in [4.69, 9.17) is 18.9 Å². The molecule has 18 heavy (non-hydrogen) atoms.